The van der Waals surface area contributed by atoms with Crippen molar-refractivity contribution in [3.63, 3.8) is 0 Å². The van der Waals surface area contributed by atoms with Crippen LogP contribution in [0.2, 0.25) is 0 Å². The van der Waals surface area contributed by atoms with Crippen LogP contribution in [-0.2, 0) is 0 Å². The van der Waals surface area contributed by atoms with Gasteiger partial charge in [-0.3, -0.25) is 0 Å². The monoisotopic (exact) mass is 373 g/mol. The van der Waals surface area contributed by atoms with Gasteiger partial charge in [-0.25, -0.2) is 0 Å². The summed E-state index contributed by atoms with van der Waals surface area (Å²) < 4.78 is 2.12. The molecule has 2 heteroatoms. The van der Waals surface area contributed by atoms with Crippen LogP contribution in [0.5, 0.6) is 5.75 Å². The van der Waals surface area contributed by atoms with Crippen LogP contribution in [0.15, 0.2) is 116 Å². The maximum atomic E-state index is 11.4. The molecule has 4 bridgehead atoms. The highest BCUT2D eigenvalue weighted by atomic mass is 16.3. The highest BCUT2D eigenvalue weighted by Gasteiger charge is 2.05. The molecule has 0 amide bonds. The smallest absolute Gasteiger partial charge is 0.211 e. The van der Waals surface area contributed by atoms with Gasteiger partial charge in [-0.05, 0) is 56.9 Å². The van der Waals surface area contributed by atoms with E-state index < -0.39 is 0 Å². The van der Waals surface area contributed by atoms with Gasteiger partial charge < -0.3 is 5.11 Å². The van der Waals surface area contributed by atoms with E-state index in [0.717, 1.165) is 38.4 Å². The van der Waals surface area contributed by atoms with Crippen molar-refractivity contribution in [2.24, 2.45) is 0 Å². The zero-order valence-corrected chi connectivity index (χ0v) is 15.8. The Balaban J connectivity index is 1.70. The third-order valence-corrected chi connectivity index (χ3v) is 5.08. The molecule has 0 radical (unpaired) electrons. The zero-order chi connectivity index (χ0) is 19.6. The third kappa shape index (κ3) is 3.74. The maximum Gasteiger partial charge on any atom is 0.211 e. The molecule has 0 fully saturated rings. The molecule has 0 atom stereocenters. The van der Waals surface area contributed by atoms with Crippen LogP contribution in [0.3, 0.4) is 0 Å². The molecule has 0 saturated heterocycles. The highest BCUT2D eigenvalue weighted by molar-refractivity contribution is 5.81. The van der Waals surface area contributed by atoms with Crippen molar-refractivity contribution >= 4 is 21.5 Å². The molecule has 1 aromatic heterocycles. The standard InChI is InChI=1S/C27H19NO/c29-27-10-8-24(9-11-27)25-16-20-4-6-22-15-23(7-5-21(14-20)17-25)19-26(18-22)28-12-2-1-3-13-28/h1-19H. The normalized spacial score (nSPS) is 10.9. The Kier molecular flexibility index (Phi) is 4.30. The number of fused-ring (bicyclic) bond motifs is 4. The fourth-order valence-corrected chi connectivity index (χ4v) is 3.64. The van der Waals surface area contributed by atoms with Crippen LogP contribution >= 0.6 is 0 Å². The summed E-state index contributed by atoms with van der Waals surface area (Å²) in [4.78, 5) is 0. The highest BCUT2D eigenvalue weighted by Crippen LogP contribution is 2.25. The lowest BCUT2D eigenvalue weighted by atomic mass is 10.0. The van der Waals surface area contributed by atoms with Gasteiger partial charge in [-0.1, -0.05) is 54.6 Å². The van der Waals surface area contributed by atoms with Crippen LogP contribution in [0.1, 0.15) is 0 Å². The zero-order valence-electron chi connectivity index (χ0n) is 15.8. The predicted octanol–water partition coefficient (Wildman–Crippen LogP) is 5.57. The Morgan fingerprint density at radius 2 is 1.00 bits per heavy atom. The number of pyridine rings is 1. The SMILES string of the molecule is [O-]c1ccc(-c2cc3ccc4cc(-[n+]5ccccc5)cc(ccc(c2)c3)c4)cc1. The average Bonchev–Trinajstić information content (AvgIpc) is 2.77. The number of rotatable bonds is 2. The van der Waals surface area contributed by atoms with Gasteiger partial charge in [-0.15, -0.1) is 5.75 Å². The number of hydrogen-bond acceptors (Lipinski definition) is 1. The lowest BCUT2D eigenvalue weighted by Crippen LogP contribution is -2.28. The molecule has 0 spiro atoms. The lowest BCUT2D eigenvalue weighted by molar-refractivity contribution is -0.595. The van der Waals surface area contributed by atoms with E-state index in [9.17, 15) is 5.11 Å². The predicted molar refractivity (Wildman–Crippen MR) is 117 cm³/mol. The van der Waals surface area contributed by atoms with E-state index in [1.54, 1.807) is 12.1 Å². The van der Waals surface area contributed by atoms with E-state index in [-0.39, 0.29) is 5.75 Å². The van der Waals surface area contributed by atoms with E-state index in [1.807, 2.05) is 30.3 Å². The Hall–Kier alpha value is -3.91. The Labute approximate surface area is 169 Å². The molecular weight excluding hydrogens is 354 g/mol. The van der Waals surface area contributed by atoms with Crippen molar-refractivity contribution in [2.75, 3.05) is 0 Å². The van der Waals surface area contributed by atoms with E-state index in [0.29, 0.717) is 0 Å². The summed E-state index contributed by atoms with van der Waals surface area (Å²) in [6.45, 7) is 0. The van der Waals surface area contributed by atoms with Gasteiger partial charge in [-0.2, -0.15) is 4.57 Å². The van der Waals surface area contributed by atoms with Crippen LogP contribution in [0, 0.1) is 0 Å². The molecular formula is C27H19NO. The summed E-state index contributed by atoms with van der Waals surface area (Å²) in [5.74, 6) is 0.0323. The molecule has 138 valence electrons. The number of hydrogen-bond donors (Lipinski definition) is 0. The van der Waals surface area contributed by atoms with E-state index in [4.69, 9.17) is 0 Å². The fraction of sp³-hybridized carbons (Fsp3) is 0. The maximum absolute atomic E-state index is 11.4. The van der Waals surface area contributed by atoms with Crippen molar-refractivity contribution in [1.29, 1.82) is 0 Å². The Morgan fingerprint density at radius 1 is 0.483 bits per heavy atom. The minimum atomic E-state index is 0.0323. The molecule has 0 aliphatic rings. The van der Waals surface area contributed by atoms with Crippen molar-refractivity contribution < 1.29 is 9.67 Å². The molecule has 0 aliphatic carbocycles. The molecule has 5 aromatic rings. The Morgan fingerprint density at radius 3 is 1.55 bits per heavy atom. The average molecular weight is 373 g/mol. The second-order valence-electron chi connectivity index (χ2n) is 7.22. The lowest BCUT2D eigenvalue weighted by Gasteiger charge is -2.07. The first-order valence-electron chi connectivity index (χ1n) is 9.63. The van der Waals surface area contributed by atoms with E-state index in [1.165, 1.54) is 0 Å². The summed E-state index contributed by atoms with van der Waals surface area (Å²) in [5, 5.41) is 16.0. The molecule has 5 rings (SSSR count). The molecule has 29 heavy (non-hydrogen) atoms. The van der Waals surface area contributed by atoms with Crippen LogP contribution in [0.25, 0.3) is 38.4 Å². The minimum absolute atomic E-state index is 0.0323. The number of nitrogens with zero attached hydrogens (tertiary/aromatic N) is 1. The van der Waals surface area contributed by atoms with E-state index in [2.05, 4.69) is 77.6 Å². The summed E-state index contributed by atoms with van der Waals surface area (Å²) in [6.07, 6.45) is 4.12. The minimum Gasteiger partial charge on any atom is -0.872 e. The second-order valence-corrected chi connectivity index (χ2v) is 7.22. The first-order valence-corrected chi connectivity index (χ1v) is 9.63. The van der Waals surface area contributed by atoms with Crippen molar-refractivity contribution in [3.8, 4) is 22.6 Å². The van der Waals surface area contributed by atoms with Gasteiger partial charge in [0.25, 0.3) is 0 Å². The Bertz CT molecular complexity index is 1280. The first kappa shape index (κ1) is 17.2. The van der Waals surface area contributed by atoms with Gasteiger partial charge in [0.1, 0.15) is 0 Å². The van der Waals surface area contributed by atoms with Gasteiger partial charge in [0.15, 0.2) is 12.4 Å². The fourth-order valence-electron chi connectivity index (χ4n) is 3.64. The molecule has 0 unspecified atom stereocenters. The second kappa shape index (κ2) is 7.25. The molecule has 0 aliphatic heterocycles. The summed E-state index contributed by atoms with van der Waals surface area (Å²) >= 11 is 0. The topological polar surface area (TPSA) is 26.9 Å². The van der Waals surface area contributed by atoms with Crippen LogP contribution in [0.4, 0.5) is 0 Å². The van der Waals surface area contributed by atoms with Crippen molar-refractivity contribution in [2.45, 2.75) is 0 Å². The van der Waals surface area contributed by atoms with Crippen LogP contribution in [-0.4, -0.2) is 0 Å². The molecule has 2 nitrogen and oxygen atoms in total. The molecule has 4 aromatic carbocycles. The number of aromatic nitrogens is 1. The quantitative estimate of drug-likeness (QED) is 0.372. The van der Waals surface area contributed by atoms with Crippen molar-refractivity contribution in [1.82, 2.24) is 0 Å². The van der Waals surface area contributed by atoms with E-state index >= 15 is 0 Å². The summed E-state index contributed by atoms with van der Waals surface area (Å²) in [6, 6.07) is 34.8. The van der Waals surface area contributed by atoms with Gasteiger partial charge in [0.05, 0.1) is 0 Å². The largest absolute Gasteiger partial charge is 0.872 e. The summed E-state index contributed by atoms with van der Waals surface area (Å²) in [7, 11) is 0. The van der Waals surface area contributed by atoms with Crippen LogP contribution < -0.4 is 9.67 Å². The number of benzene rings is 3. The first-order chi connectivity index (χ1) is 14.2. The molecule has 0 saturated carbocycles. The van der Waals surface area contributed by atoms with Gasteiger partial charge in [0.2, 0.25) is 5.69 Å². The van der Waals surface area contributed by atoms with Gasteiger partial charge >= 0.3 is 0 Å². The summed E-state index contributed by atoms with van der Waals surface area (Å²) in [5.41, 5.74) is 3.29. The molecule has 1 heterocycles. The third-order valence-electron chi connectivity index (χ3n) is 5.08. The molecule has 0 N–H and O–H groups in total. The van der Waals surface area contributed by atoms with Gasteiger partial charge in [0, 0.05) is 24.3 Å². The van der Waals surface area contributed by atoms with Crippen molar-refractivity contribution in [3.05, 3.63) is 116 Å².